The van der Waals surface area contributed by atoms with Crippen molar-refractivity contribution >= 4 is 11.4 Å². The summed E-state index contributed by atoms with van der Waals surface area (Å²) < 4.78 is 5.32. The number of nitrogen functional groups attached to an aromatic ring is 1. The fourth-order valence-corrected chi connectivity index (χ4v) is 2.35. The average molecular weight is 285 g/mol. The molecule has 0 unspecified atom stereocenters. The Hall–Kier alpha value is -2.23. The molecule has 4 nitrogen and oxygen atoms in total. The average Bonchev–Trinajstić information content (AvgIpc) is 2.47. The van der Waals surface area contributed by atoms with Crippen LogP contribution in [0.1, 0.15) is 24.7 Å². The van der Waals surface area contributed by atoms with Crippen molar-refractivity contribution in [2.75, 3.05) is 24.3 Å². The molecule has 0 saturated heterocycles. The van der Waals surface area contributed by atoms with E-state index in [0.29, 0.717) is 0 Å². The van der Waals surface area contributed by atoms with Crippen molar-refractivity contribution in [2.45, 2.75) is 26.8 Å². The lowest BCUT2D eigenvalue weighted by molar-refractivity contribution is 0.413. The van der Waals surface area contributed by atoms with Gasteiger partial charge in [0, 0.05) is 35.7 Å². The van der Waals surface area contributed by atoms with Gasteiger partial charge in [0.2, 0.25) is 0 Å². The Kier molecular flexibility index (Phi) is 5.04. The Bertz CT molecular complexity index is 581. The van der Waals surface area contributed by atoms with Crippen molar-refractivity contribution in [1.82, 2.24) is 4.98 Å². The number of nitrogens with two attached hydrogens (primary N) is 1. The molecule has 0 amide bonds. The van der Waals surface area contributed by atoms with Crippen molar-refractivity contribution < 1.29 is 4.74 Å². The van der Waals surface area contributed by atoms with Gasteiger partial charge in [0.1, 0.15) is 5.75 Å². The molecule has 21 heavy (non-hydrogen) atoms. The van der Waals surface area contributed by atoms with E-state index in [1.807, 2.05) is 31.2 Å². The zero-order valence-electron chi connectivity index (χ0n) is 13.0. The molecule has 0 atom stereocenters. The number of benzene rings is 1. The first-order valence-electron chi connectivity index (χ1n) is 7.24. The number of pyridine rings is 1. The molecule has 0 aliphatic carbocycles. The molecule has 2 aromatic rings. The van der Waals surface area contributed by atoms with Crippen LogP contribution in [0.3, 0.4) is 0 Å². The predicted molar refractivity (Wildman–Crippen MR) is 87.7 cm³/mol. The predicted octanol–water partition coefficient (Wildman–Crippen LogP) is 3.40. The number of hydrogen-bond donors (Lipinski definition) is 1. The molecule has 0 saturated carbocycles. The number of methoxy groups -OCH3 is 1. The van der Waals surface area contributed by atoms with Gasteiger partial charge in [0.25, 0.3) is 0 Å². The van der Waals surface area contributed by atoms with Crippen LogP contribution in [0, 0.1) is 6.92 Å². The minimum atomic E-state index is 0.760. The van der Waals surface area contributed by atoms with Crippen molar-refractivity contribution in [2.24, 2.45) is 0 Å². The van der Waals surface area contributed by atoms with Gasteiger partial charge in [0.15, 0.2) is 0 Å². The lowest BCUT2D eigenvalue weighted by Gasteiger charge is -2.24. The minimum Gasteiger partial charge on any atom is -0.497 e. The number of ether oxygens (including phenoxy) is 1. The molecule has 0 aliphatic heterocycles. The Labute approximate surface area is 126 Å². The van der Waals surface area contributed by atoms with Crippen LogP contribution in [0.15, 0.2) is 36.4 Å². The Balaban J connectivity index is 2.23. The van der Waals surface area contributed by atoms with E-state index in [2.05, 4.69) is 28.9 Å². The van der Waals surface area contributed by atoms with Gasteiger partial charge >= 0.3 is 0 Å². The number of anilines is 2. The highest BCUT2D eigenvalue weighted by molar-refractivity contribution is 5.53. The summed E-state index contributed by atoms with van der Waals surface area (Å²) >= 11 is 0. The summed E-state index contributed by atoms with van der Waals surface area (Å²) in [6.07, 6.45) is 1.08. The number of aryl methyl sites for hydroxylation is 1. The van der Waals surface area contributed by atoms with Gasteiger partial charge in [-0.05, 0) is 37.6 Å². The quantitative estimate of drug-likeness (QED) is 0.826. The first kappa shape index (κ1) is 15.2. The number of rotatable bonds is 6. The highest BCUT2D eigenvalue weighted by Crippen LogP contribution is 2.21. The molecule has 2 N–H and O–H groups in total. The van der Waals surface area contributed by atoms with E-state index in [-0.39, 0.29) is 0 Å². The molecule has 1 heterocycles. The Morgan fingerprint density at radius 1 is 1.19 bits per heavy atom. The van der Waals surface area contributed by atoms with Crippen LogP contribution in [-0.4, -0.2) is 18.6 Å². The second-order valence-corrected chi connectivity index (χ2v) is 5.15. The fourth-order valence-electron chi connectivity index (χ4n) is 2.35. The van der Waals surface area contributed by atoms with Crippen molar-refractivity contribution in [3.63, 3.8) is 0 Å². The maximum Gasteiger partial charge on any atom is 0.122 e. The third kappa shape index (κ3) is 4.12. The van der Waals surface area contributed by atoms with E-state index in [0.717, 1.165) is 48.0 Å². The third-order valence-electron chi connectivity index (χ3n) is 3.32. The SMILES string of the molecule is CCCN(Cc1cc(OC)cc(C)n1)c1ccc(N)cc1. The van der Waals surface area contributed by atoms with E-state index < -0.39 is 0 Å². The summed E-state index contributed by atoms with van der Waals surface area (Å²) in [7, 11) is 1.68. The molecule has 1 aromatic carbocycles. The van der Waals surface area contributed by atoms with Crippen molar-refractivity contribution in [1.29, 1.82) is 0 Å². The van der Waals surface area contributed by atoms with Crippen LogP contribution < -0.4 is 15.4 Å². The second kappa shape index (κ2) is 6.97. The monoisotopic (exact) mass is 285 g/mol. The van der Waals surface area contributed by atoms with Gasteiger partial charge < -0.3 is 15.4 Å². The number of aromatic nitrogens is 1. The highest BCUT2D eigenvalue weighted by atomic mass is 16.5. The molecule has 1 aromatic heterocycles. The summed E-state index contributed by atoms with van der Waals surface area (Å²) in [5.74, 6) is 0.853. The highest BCUT2D eigenvalue weighted by Gasteiger charge is 2.09. The molecule has 2 rings (SSSR count). The van der Waals surface area contributed by atoms with Gasteiger partial charge in [0.05, 0.1) is 19.3 Å². The summed E-state index contributed by atoms with van der Waals surface area (Å²) in [6.45, 7) is 5.89. The van der Waals surface area contributed by atoms with E-state index in [9.17, 15) is 0 Å². The van der Waals surface area contributed by atoms with Crippen LogP contribution in [0.4, 0.5) is 11.4 Å². The minimum absolute atomic E-state index is 0.760. The molecule has 0 aliphatic rings. The van der Waals surface area contributed by atoms with Crippen LogP contribution in [0.25, 0.3) is 0 Å². The van der Waals surface area contributed by atoms with E-state index in [1.54, 1.807) is 7.11 Å². The summed E-state index contributed by atoms with van der Waals surface area (Å²) in [5, 5.41) is 0. The van der Waals surface area contributed by atoms with Gasteiger partial charge in [-0.25, -0.2) is 0 Å². The molecule has 0 spiro atoms. The Morgan fingerprint density at radius 3 is 2.52 bits per heavy atom. The largest absolute Gasteiger partial charge is 0.497 e. The van der Waals surface area contributed by atoms with Crippen LogP contribution in [0.5, 0.6) is 5.75 Å². The number of hydrogen-bond acceptors (Lipinski definition) is 4. The number of nitrogens with zero attached hydrogens (tertiary/aromatic N) is 2. The fraction of sp³-hybridized carbons (Fsp3) is 0.353. The Morgan fingerprint density at radius 2 is 1.90 bits per heavy atom. The van der Waals surface area contributed by atoms with Crippen molar-refractivity contribution in [3.8, 4) is 5.75 Å². The van der Waals surface area contributed by atoms with E-state index >= 15 is 0 Å². The third-order valence-corrected chi connectivity index (χ3v) is 3.32. The molecule has 0 fully saturated rings. The van der Waals surface area contributed by atoms with Crippen LogP contribution >= 0.6 is 0 Å². The normalized spacial score (nSPS) is 10.4. The summed E-state index contributed by atoms with van der Waals surface area (Å²) in [6, 6.07) is 11.9. The van der Waals surface area contributed by atoms with Crippen LogP contribution in [-0.2, 0) is 6.54 Å². The molecule has 112 valence electrons. The van der Waals surface area contributed by atoms with Gasteiger partial charge in [-0.15, -0.1) is 0 Å². The maximum absolute atomic E-state index is 5.76. The lowest BCUT2D eigenvalue weighted by Crippen LogP contribution is -2.24. The molecular formula is C17H23N3O. The van der Waals surface area contributed by atoms with Gasteiger partial charge in [-0.1, -0.05) is 6.92 Å². The molecule has 0 bridgehead atoms. The summed E-state index contributed by atoms with van der Waals surface area (Å²) in [5.41, 5.74) is 9.69. The maximum atomic E-state index is 5.76. The zero-order chi connectivity index (χ0) is 15.2. The molecule has 0 radical (unpaired) electrons. The van der Waals surface area contributed by atoms with E-state index in [1.165, 1.54) is 0 Å². The van der Waals surface area contributed by atoms with E-state index in [4.69, 9.17) is 10.5 Å². The smallest absolute Gasteiger partial charge is 0.122 e. The second-order valence-electron chi connectivity index (χ2n) is 5.15. The lowest BCUT2D eigenvalue weighted by atomic mass is 10.2. The van der Waals surface area contributed by atoms with Crippen LogP contribution in [0.2, 0.25) is 0 Å². The first-order valence-corrected chi connectivity index (χ1v) is 7.24. The van der Waals surface area contributed by atoms with Gasteiger partial charge in [-0.2, -0.15) is 0 Å². The van der Waals surface area contributed by atoms with Gasteiger partial charge in [-0.3, -0.25) is 4.98 Å². The molecule has 4 heteroatoms. The van der Waals surface area contributed by atoms with Crippen molar-refractivity contribution in [3.05, 3.63) is 47.8 Å². The summed E-state index contributed by atoms with van der Waals surface area (Å²) in [4.78, 5) is 6.91. The molecular weight excluding hydrogens is 262 g/mol. The first-order chi connectivity index (χ1) is 10.1. The topological polar surface area (TPSA) is 51.4 Å². The standard InChI is InChI=1S/C17H23N3O/c1-4-9-20(16-7-5-14(18)6-8-16)12-15-11-17(21-3)10-13(2)19-15/h5-8,10-11H,4,9,12,18H2,1-3H3. The zero-order valence-corrected chi connectivity index (χ0v) is 13.0.